The lowest BCUT2D eigenvalue weighted by molar-refractivity contribution is 0.0696. The zero-order valence-electron chi connectivity index (χ0n) is 10.8. The van der Waals surface area contributed by atoms with Crippen LogP contribution >= 0.6 is 0 Å². The number of carbonyl (C=O) groups is 2. The van der Waals surface area contributed by atoms with Gasteiger partial charge < -0.3 is 14.9 Å². The smallest absolute Gasteiger partial charge is 0.335 e. The molecule has 0 amide bonds. The highest BCUT2D eigenvalue weighted by Gasteiger charge is 2.13. The molecule has 0 aromatic heterocycles. The fraction of sp³-hybridized carbons (Fsp3) is 0.385. The molecule has 0 aliphatic rings. The Morgan fingerprint density at radius 1 is 1.06 bits per heavy atom. The molecule has 0 radical (unpaired) electrons. The van der Waals surface area contributed by atoms with Gasteiger partial charge in [0.1, 0.15) is 0 Å². The number of carboxylic acid groups (broad SMARTS) is 2. The molecular formula is C13H18O5. The lowest BCUT2D eigenvalue weighted by atomic mass is 10.0. The van der Waals surface area contributed by atoms with Gasteiger partial charge in [-0.3, -0.25) is 0 Å². The molecule has 0 heterocycles. The third-order valence-electron chi connectivity index (χ3n) is 2.20. The van der Waals surface area contributed by atoms with Crippen molar-refractivity contribution in [3.63, 3.8) is 0 Å². The summed E-state index contributed by atoms with van der Waals surface area (Å²) >= 11 is 0. The highest BCUT2D eigenvalue weighted by Crippen LogP contribution is 2.13. The maximum Gasteiger partial charge on any atom is 0.335 e. The topological polar surface area (TPSA) is 83.8 Å². The predicted octanol–water partition coefficient (Wildman–Crippen LogP) is 2.43. The summed E-state index contributed by atoms with van der Waals surface area (Å²) in [5.41, 5.74) is 0.335. The molecule has 1 aromatic carbocycles. The van der Waals surface area contributed by atoms with E-state index in [4.69, 9.17) is 14.9 Å². The molecule has 1 aromatic rings. The summed E-state index contributed by atoms with van der Waals surface area (Å²) < 4.78 is 4.83. The Kier molecular flexibility index (Phi) is 7.38. The van der Waals surface area contributed by atoms with E-state index in [1.54, 1.807) is 0 Å². The molecule has 0 saturated heterocycles. The van der Waals surface area contributed by atoms with Crippen molar-refractivity contribution in [1.82, 2.24) is 0 Å². The average molecular weight is 254 g/mol. The lowest BCUT2D eigenvalue weighted by Crippen LogP contribution is -2.06. The van der Waals surface area contributed by atoms with Gasteiger partial charge in [0.2, 0.25) is 0 Å². The van der Waals surface area contributed by atoms with Crippen LogP contribution in [0.15, 0.2) is 18.2 Å². The van der Waals surface area contributed by atoms with Crippen LogP contribution in [0.5, 0.6) is 0 Å². The van der Waals surface area contributed by atoms with E-state index in [2.05, 4.69) is 0 Å². The van der Waals surface area contributed by atoms with E-state index < -0.39 is 11.9 Å². The van der Waals surface area contributed by atoms with Crippen molar-refractivity contribution in [3.8, 4) is 0 Å². The molecule has 5 nitrogen and oxygen atoms in total. The first kappa shape index (κ1) is 16.1. The predicted molar refractivity (Wildman–Crippen MR) is 67.3 cm³/mol. The highest BCUT2D eigenvalue weighted by molar-refractivity contribution is 5.96. The van der Waals surface area contributed by atoms with E-state index in [9.17, 15) is 9.59 Å². The lowest BCUT2D eigenvalue weighted by Gasteiger charge is -2.03. The third kappa shape index (κ3) is 4.97. The highest BCUT2D eigenvalue weighted by atomic mass is 16.5. The van der Waals surface area contributed by atoms with E-state index in [-0.39, 0.29) is 16.7 Å². The van der Waals surface area contributed by atoms with E-state index in [1.165, 1.54) is 25.1 Å². The van der Waals surface area contributed by atoms with Gasteiger partial charge in [0.25, 0.3) is 0 Å². The standard InChI is InChI=1S/C9H8O4.C4H10O/c1-5-6(8(10)11)3-2-4-7(5)9(12)13;1-3-5-4-2/h2-4H,1H3,(H,10,11)(H,12,13);3-4H2,1-2H3. The van der Waals surface area contributed by atoms with Crippen LogP contribution in [0.25, 0.3) is 0 Å². The summed E-state index contributed by atoms with van der Waals surface area (Å²) in [7, 11) is 0. The van der Waals surface area contributed by atoms with Gasteiger partial charge in [-0.05, 0) is 38.5 Å². The van der Waals surface area contributed by atoms with Gasteiger partial charge in [0, 0.05) is 13.2 Å². The Bertz CT molecular complexity index is 378. The van der Waals surface area contributed by atoms with Crippen molar-refractivity contribution in [2.75, 3.05) is 13.2 Å². The number of ether oxygens (including phenoxy) is 1. The van der Waals surface area contributed by atoms with E-state index in [1.807, 2.05) is 13.8 Å². The van der Waals surface area contributed by atoms with Gasteiger partial charge in [-0.25, -0.2) is 9.59 Å². The quantitative estimate of drug-likeness (QED) is 0.862. The van der Waals surface area contributed by atoms with E-state index >= 15 is 0 Å². The molecule has 18 heavy (non-hydrogen) atoms. The van der Waals surface area contributed by atoms with Crippen molar-refractivity contribution in [1.29, 1.82) is 0 Å². The second-order valence-electron chi connectivity index (χ2n) is 3.37. The van der Waals surface area contributed by atoms with Crippen molar-refractivity contribution >= 4 is 11.9 Å². The summed E-state index contributed by atoms with van der Waals surface area (Å²) in [5, 5.41) is 17.4. The Morgan fingerprint density at radius 2 is 1.44 bits per heavy atom. The number of carboxylic acids is 2. The third-order valence-corrected chi connectivity index (χ3v) is 2.20. The van der Waals surface area contributed by atoms with Crippen LogP contribution in [0.3, 0.4) is 0 Å². The van der Waals surface area contributed by atoms with Crippen LogP contribution in [-0.2, 0) is 4.74 Å². The summed E-state index contributed by atoms with van der Waals surface area (Å²) in [6, 6.07) is 4.17. The van der Waals surface area contributed by atoms with Crippen molar-refractivity contribution in [3.05, 3.63) is 34.9 Å². The SMILES string of the molecule is CCOCC.Cc1c(C(=O)O)cccc1C(=O)O. The van der Waals surface area contributed by atoms with Crippen LogP contribution in [0, 0.1) is 6.92 Å². The Balaban J connectivity index is 0.000000494. The maximum absolute atomic E-state index is 10.6. The fourth-order valence-electron chi connectivity index (χ4n) is 1.30. The first-order valence-electron chi connectivity index (χ1n) is 5.59. The second kappa shape index (κ2) is 8.25. The number of hydrogen-bond donors (Lipinski definition) is 2. The summed E-state index contributed by atoms with van der Waals surface area (Å²) in [5.74, 6) is -2.22. The van der Waals surface area contributed by atoms with E-state index in [0.717, 1.165) is 13.2 Å². The summed E-state index contributed by atoms with van der Waals surface area (Å²) in [6.45, 7) is 7.15. The summed E-state index contributed by atoms with van der Waals surface area (Å²) in [6.07, 6.45) is 0. The molecule has 0 unspecified atom stereocenters. The Labute approximate surface area is 106 Å². The van der Waals surface area contributed by atoms with Crippen LogP contribution in [0.1, 0.15) is 40.1 Å². The molecule has 100 valence electrons. The van der Waals surface area contributed by atoms with Gasteiger partial charge >= 0.3 is 11.9 Å². The molecule has 0 atom stereocenters. The number of rotatable bonds is 4. The molecular weight excluding hydrogens is 236 g/mol. The van der Waals surface area contributed by atoms with Crippen molar-refractivity contribution < 1.29 is 24.5 Å². The van der Waals surface area contributed by atoms with Crippen LogP contribution < -0.4 is 0 Å². The minimum atomic E-state index is -1.11. The Morgan fingerprint density at radius 3 is 1.67 bits per heavy atom. The van der Waals surface area contributed by atoms with Crippen molar-refractivity contribution in [2.45, 2.75) is 20.8 Å². The van der Waals surface area contributed by atoms with Gasteiger partial charge in [0.15, 0.2) is 0 Å². The fourth-order valence-corrected chi connectivity index (χ4v) is 1.30. The molecule has 0 fully saturated rings. The van der Waals surface area contributed by atoms with E-state index in [0.29, 0.717) is 0 Å². The summed E-state index contributed by atoms with van der Waals surface area (Å²) in [4.78, 5) is 21.2. The van der Waals surface area contributed by atoms with Gasteiger partial charge in [0.05, 0.1) is 11.1 Å². The average Bonchev–Trinajstić information content (AvgIpc) is 2.30. The zero-order valence-corrected chi connectivity index (χ0v) is 10.8. The molecule has 0 aliphatic heterocycles. The minimum Gasteiger partial charge on any atom is -0.478 e. The normalized spacial score (nSPS) is 9.28. The van der Waals surface area contributed by atoms with Gasteiger partial charge in [-0.15, -0.1) is 0 Å². The minimum absolute atomic E-state index is 0.0277. The Hall–Kier alpha value is -1.88. The maximum atomic E-state index is 10.6. The molecule has 0 aliphatic carbocycles. The van der Waals surface area contributed by atoms with Gasteiger partial charge in [-0.2, -0.15) is 0 Å². The number of aromatic carboxylic acids is 2. The molecule has 0 bridgehead atoms. The van der Waals surface area contributed by atoms with Crippen LogP contribution in [-0.4, -0.2) is 35.4 Å². The second-order valence-corrected chi connectivity index (χ2v) is 3.37. The van der Waals surface area contributed by atoms with Crippen LogP contribution in [0.2, 0.25) is 0 Å². The number of hydrogen-bond acceptors (Lipinski definition) is 3. The molecule has 5 heteroatoms. The van der Waals surface area contributed by atoms with Gasteiger partial charge in [-0.1, -0.05) is 6.07 Å². The van der Waals surface area contributed by atoms with Crippen LogP contribution in [0.4, 0.5) is 0 Å². The molecule has 1 rings (SSSR count). The first-order chi connectivity index (χ1) is 8.45. The molecule has 2 N–H and O–H groups in total. The first-order valence-corrected chi connectivity index (χ1v) is 5.59. The molecule has 0 spiro atoms. The molecule has 0 saturated carbocycles. The number of benzene rings is 1. The zero-order chi connectivity index (χ0) is 14.1. The largest absolute Gasteiger partial charge is 0.478 e. The van der Waals surface area contributed by atoms with Crippen molar-refractivity contribution in [2.24, 2.45) is 0 Å². The monoisotopic (exact) mass is 254 g/mol.